The number of halogens is 3. The van der Waals surface area contributed by atoms with Crippen molar-refractivity contribution in [3.8, 4) is 0 Å². The van der Waals surface area contributed by atoms with E-state index in [1.807, 2.05) is 0 Å². The molecule has 2 aromatic rings. The maximum Gasteiger partial charge on any atom is 0.439 e. The van der Waals surface area contributed by atoms with Crippen LogP contribution in [0, 0.1) is 13.8 Å². The van der Waals surface area contributed by atoms with Crippen LogP contribution in [0.15, 0.2) is 38.0 Å². The topological polar surface area (TPSA) is 112 Å². The lowest BCUT2D eigenvalue weighted by molar-refractivity contribution is -0.0102. The molecule has 0 saturated carbocycles. The number of hydrogen-bond donors (Lipinski definition) is 2. The number of aromatic nitrogens is 1. The van der Waals surface area contributed by atoms with E-state index in [4.69, 9.17) is 5.11 Å². The molecule has 2 N–H and O–H groups in total. The van der Waals surface area contributed by atoms with E-state index in [0.717, 1.165) is 0 Å². The molecule has 0 spiro atoms. The van der Waals surface area contributed by atoms with Gasteiger partial charge in [0.1, 0.15) is 5.82 Å². The van der Waals surface area contributed by atoms with E-state index in [1.165, 1.54) is 24.5 Å². The van der Waals surface area contributed by atoms with Gasteiger partial charge in [0.15, 0.2) is 0 Å². The lowest BCUT2D eigenvalue weighted by Gasteiger charge is -2.26. The van der Waals surface area contributed by atoms with Crippen LogP contribution in [0.4, 0.5) is 25.1 Å². The Hall–Kier alpha value is -2.60. The summed E-state index contributed by atoms with van der Waals surface area (Å²) in [5.41, 5.74) is 1.75. The van der Waals surface area contributed by atoms with Crippen LogP contribution in [-0.2, 0) is 9.73 Å². The van der Waals surface area contributed by atoms with Crippen molar-refractivity contribution in [1.29, 1.82) is 0 Å². The summed E-state index contributed by atoms with van der Waals surface area (Å²) in [7, 11) is -3.22. The highest BCUT2D eigenvalue weighted by Gasteiger charge is 2.34. The predicted octanol–water partition coefficient (Wildman–Crippen LogP) is 5.47. The highest BCUT2D eigenvalue weighted by molar-refractivity contribution is 9.10. The van der Waals surface area contributed by atoms with E-state index < -0.39 is 27.7 Å². The molecular formula is C22H25BrF2N4O4S. The van der Waals surface area contributed by atoms with Crippen molar-refractivity contribution in [2.45, 2.75) is 43.9 Å². The Bertz CT molecular complexity index is 1260. The second-order valence-electron chi connectivity index (χ2n) is 8.19. The van der Waals surface area contributed by atoms with E-state index in [0.29, 0.717) is 28.1 Å². The quantitative estimate of drug-likeness (QED) is 0.514. The molecular weight excluding hydrogens is 534 g/mol. The molecule has 1 aromatic carbocycles. The standard InChI is InChI=1S/C22H25BrF2N4O4S/c1-13-17(19(26-14(2)18(13)23)29-10-5-8-22(24,25)9-11-29)20(30)27-15-6-4-7-16(12-15)34(3,33)28-21(31)32/h4,6-7,12H,5,8-11H2,1-3H3,(H,27,30)(H,31,32). The van der Waals surface area contributed by atoms with Crippen molar-refractivity contribution in [2.24, 2.45) is 4.36 Å². The monoisotopic (exact) mass is 558 g/mol. The van der Waals surface area contributed by atoms with Gasteiger partial charge in [-0.25, -0.2) is 22.8 Å². The van der Waals surface area contributed by atoms with Gasteiger partial charge in [-0.3, -0.25) is 4.79 Å². The van der Waals surface area contributed by atoms with Crippen LogP contribution in [0.3, 0.4) is 0 Å². The lowest BCUT2D eigenvalue weighted by atomic mass is 10.1. The highest BCUT2D eigenvalue weighted by atomic mass is 79.9. The SMILES string of the molecule is Cc1nc(N2CCCC(F)(F)CC2)c(C(=O)Nc2cccc(S(C)(=O)=NC(=O)O)c2)c(C)c1Br. The summed E-state index contributed by atoms with van der Waals surface area (Å²) in [6.45, 7) is 3.91. The van der Waals surface area contributed by atoms with Crippen molar-refractivity contribution >= 4 is 49.2 Å². The number of carbonyl (C=O) groups is 2. The number of nitrogens with one attached hydrogen (secondary N) is 1. The van der Waals surface area contributed by atoms with Gasteiger partial charge in [-0.2, -0.15) is 0 Å². The second-order valence-corrected chi connectivity index (χ2v) is 11.2. The van der Waals surface area contributed by atoms with E-state index in [9.17, 15) is 22.6 Å². The first-order valence-electron chi connectivity index (χ1n) is 10.5. The zero-order valence-corrected chi connectivity index (χ0v) is 21.3. The minimum Gasteiger partial charge on any atom is -0.463 e. The normalized spacial score (nSPS) is 17.4. The third-order valence-electron chi connectivity index (χ3n) is 5.55. The molecule has 1 aliphatic heterocycles. The Morgan fingerprint density at radius 3 is 2.65 bits per heavy atom. The van der Waals surface area contributed by atoms with E-state index in [1.54, 1.807) is 24.8 Å². The summed E-state index contributed by atoms with van der Waals surface area (Å²) < 4.78 is 44.4. The number of hydrogen-bond acceptors (Lipinski definition) is 5. The van der Waals surface area contributed by atoms with Crippen LogP contribution in [-0.4, -0.2) is 51.6 Å². The average molecular weight is 559 g/mol. The van der Waals surface area contributed by atoms with Gasteiger partial charge in [-0.1, -0.05) is 6.07 Å². The smallest absolute Gasteiger partial charge is 0.439 e. The summed E-state index contributed by atoms with van der Waals surface area (Å²) in [5.74, 6) is -2.96. The van der Waals surface area contributed by atoms with Gasteiger partial charge in [0.05, 0.1) is 21.0 Å². The summed E-state index contributed by atoms with van der Waals surface area (Å²) in [6.07, 6.45) is -0.640. The first-order valence-corrected chi connectivity index (χ1v) is 13.2. The zero-order valence-electron chi connectivity index (χ0n) is 18.9. The fourth-order valence-electron chi connectivity index (χ4n) is 3.79. The predicted molar refractivity (Wildman–Crippen MR) is 130 cm³/mol. The maximum atomic E-state index is 13.9. The van der Waals surface area contributed by atoms with Crippen molar-refractivity contribution in [2.75, 3.05) is 29.6 Å². The van der Waals surface area contributed by atoms with Gasteiger partial charge in [0.25, 0.3) is 5.91 Å². The zero-order chi connectivity index (χ0) is 25.3. The van der Waals surface area contributed by atoms with Gasteiger partial charge >= 0.3 is 6.09 Å². The number of rotatable bonds is 4. The van der Waals surface area contributed by atoms with Crippen LogP contribution in [0.1, 0.15) is 40.9 Å². The third-order valence-corrected chi connectivity index (χ3v) is 8.35. The van der Waals surface area contributed by atoms with Crippen LogP contribution in [0.5, 0.6) is 0 Å². The molecule has 8 nitrogen and oxygen atoms in total. The molecule has 2 amide bonds. The Kier molecular flexibility index (Phi) is 7.61. The van der Waals surface area contributed by atoms with Crippen molar-refractivity contribution in [3.05, 3.63) is 45.6 Å². The largest absolute Gasteiger partial charge is 0.463 e. The minimum atomic E-state index is -3.22. The lowest BCUT2D eigenvalue weighted by Crippen LogP contribution is -2.30. The molecule has 1 unspecified atom stereocenters. The summed E-state index contributed by atoms with van der Waals surface area (Å²) in [6, 6.07) is 5.95. The number of pyridine rings is 1. The Morgan fingerprint density at radius 2 is 1.97 bits per heavy atom. The van der Waals surface area contributed by atoms with Crippen molar-refractivity contribution < 1.29 is 27.7 Å². The number of amides is 2. The number of carboxylic acid groups (broad SMARTS) is 1. The molecule has 1 fully saturated rings. The first kappa shape index (κ1) is 26.0. The Labute approximate surface area is 205 Å². The van der Waals surface area contributed by atoms with Gasteiger partial charge in [-0.15, -0.1) is 4.36 Å². The molecule has 184 valence electrons. The highest BCUT2D eigenvalue weighted by Crippen LogP contribution is 2.34. The van der Waals surface area contributed by atoms with Gasteiger partial charge < -0.3 is 15.3 Å². The fraction of sp³-hybridized carbons (Fsp3) is 0.409. The molecule has 1 aliphatic rings. The van der Waals surface area contributed by atoms with Crippen LogP contribution < -0.4 is 10.2 Å². The number of benzene rings is 1. The number of nitrogens with zero attached hydrogens (tertiary/aromatic N) is 3. The van der Waals surface area contributed by atoms with Crippen LogP contribution >= 0.6 is 15.9 Å². The number of carbonyl (C=O) groups excluding carboxylic acids is 1. The Morgan fingerprint density at radius 1 is 1.26 bits per heavy atom. The van der Waals surface area contributed by atoms with E-state index >= 15 is 0 Å². The van der Waals surface area contributed by atoms with E-state index in [-0.39, 0.29) is 42.0 Å². The summed E-state index contributed by atoms with van der Waals surface area (Å²) in [5, 5.41) is 11.6. The molecule has 0 radical (unpaired) electrons. The molecule has 2 heterocycles. The summed E-state index contributed by atoms with van der Waals surface area (Å²) in [4.78, 5) is 30.7. The summed E-state index contributed by atoms with van der Waals surface area (Å²) >= 11 is 3.45. The molecule has 0 aliphatic carbocycles. The molecule has 3 rings (SSSR count). The maximum absolute atomic E-state index is 13.9. The second kappa shape index (κ2) is 9.95. The number of alkyl halides is 2. The van der Waals surface area contributed by atoms with Crippen molar-refractivity contribution in [3.63, 3.8) is 0 Å². The first-order chi connectivity index (χ1) is 15.8. The van der Waals surface area contributed by atoms with Gasteiger partial charge in [-0.05, 0) is 60.0 Å². The molecule has 34 heavy (non-hydrogen) atoms. The average Bonchev–Trinajstić information content (AvgIpc) is 2.91. The third kappa shape index (κ3) is 5.90. The molecule has 1 saturated heterocycles. The number of aryl methyl sites for hydroxylation is 1. The van der Waals surface area contributed by atoms with Gasteiger partial charge in [0.2, 0.25) is 5.92 Å². The molecule has 0 bridgehead atoms. The van der Waals surface area contributed by atoms with E-state index in [2.05, 4.69) is 30.6 Å². The molecule has 1 aromatic heterocycles. The van der Waals surface area contributed by atoms with Crippen molar-refractivity contribution in [1.82, 2.24) is 4.98 Å². The van der Waals surface area contributed by atoms with Crippen LogP contribution in [0.2, 0.25) is 0 Å². The Balaban J connectivity index is 2.00. The van der Waals surface area contributed by atoms with Gasteiger partial charge in [0, 0.05) is 47.2 Å². The van der Waals surface area contributed by atoms with Crippen LogP contribution in [0.25, 0.3) is 0 Å². The fourth-order valence-corrected chi connectivity index (χ4v) is 5.16. The number of anilines is 2. The minimum absolute atomic E-state index is 0.0604. The molecule has 12 heteroatoms. The molecule has 1 atom stereocenters.